The van der Waals surface area contributed by atoms with E-state index < -0.39 is 0 Å². The van der Waals surface area contributed by atoms with Crippen LogP contribution in [0.4, 0.5) is 0 Å². The molecule has 0 aliphatic heterocycles. The van der Waals surface area contributed by atoms with Gasteiger partial charge in [0, 0.05) is 6.42 Å². The van der Waals surface area contributed by atoms with E-state index in [0.29, 0.717) is 6.42 Å². The van der Waals surface area contributed by atoms with Gasteiger partial charge in [-0.2, -0.15) is 0 Å². The Morgan fingerprint density at radius 2 is 2.23 bits per heavy atom. The van der Waals surface area contributed by atoms with E-state index in [1.165, 1.54) is 11.1 Å². The molecule has 0 saturated heterocycles. The Balaban J connectivity index is 2.50. The van der Waals surface area contributed by atoms with Crippen molar-refractivity contribution in [2.75, 3.05) is 5.88 Å². The van der Waals surface area contributed by atoms with Gasteiger partial charge in [0.2, 0.25) is 0 Å². The standard InChI is InChI=1S/C11H13ClO/c1-9-3-2-4-10(7-9)5-6-11(13)8-12/h2-4,7H,5-6,8H2,1H3. The SMILES string of the molecule is Cc1cccc(CCC(=O)CCl)c1. The van der Waals surface area contributed by atoms with Gasteiger partial charge in [-0.15, -0.1) is 11.6 Å². The third-order valence-electron chi connectivity index (χ3n) is 1.92. The minimum absolute atomic E-state index is 0.114. The number of rotatable bonds is 4. The van der Waals surface area contributed by atoms with E-state index in [2.05, 4.69) is 6.07 Å². The Hall–Kier alpha value is -0.820. The minimum Gasteiger partial charge on any atom is -0.298 e. The smallest absolute Gasteiger partial charge is 0.147 e. The second-order valence-electron chi connectivity index (χ2n) is 3.16. The molecule has 0 aromatic heterocycles. The highest BCUT2D eigenvalue weighted by Gasteiger charge is 2.00. The van der Waals surface area contributed by atoms with Crippen LogP contribution in [0.25, 0.3) is 0 Å². The molecule has 1 nitrogen and oxygen atoms in total. The van der Waals surface area contributed by atoms with Crippen molar-refractivity contribution in [2.24, 2.45) is 0 Å². The number of ketones is 1. The third-order valence-corrected chi connectivity index (χ3v) is 2.22. The van der Waals surface area contributed by atoms with Gasteiger partial charge in [0.1, 0.15) is 5.78 Å². The van der Waals surface area contributed by atoms with Crippen molar-refractivity contribution in [1.29, 1.82) is 0 Å². The zero-order valence-electron chi connectivity index (χ0n) is 7.72. The van der Waals surface area contributed by atoms with Crippen molar-refractivity contribution in [2.45, 2.75) is 19.8 Å². The number of Topliss-reactive ketones (excluding diaryl/α,β-unsaturated/α-hetero) is 1. The summed E-state index contributed by atoms with van der Waals surface area (Å²) in [5.74, 6) is 0.245. The van der Waals surface area contributed by atoms with Crippen molar-refractivity contribution in [3.63, 3.8) is 0 Å². The lowest BCUT2D eigenvalue weighted by Gasteiger charge is -2.00. The Morgan fingerprint density at radius 3 is 2.85 bits per heavy atom. The lowest BCUT2D eigenvalue weighted by molar-refractivity contribution is -0.116. The maximum atomic E-state index is 10.9. The molecule has 0 aliphatic carbocycles. The van der Waals surface area contributed by atoms with Crippen molar-refractivity contribution < 1.29 is 4.79 Å². The summed E-state index contributed by atoms with van der Waals surface area (Å²) < 4.78 is 0. The lowest BCUT2D eigenvalue weighted by Crippen LogP contribution is -2.00. The molecule has 13 heavy (non-hydrogen) atoms. The zero-order chi connectivity index (χ0) is 9.68. The molecule has 0 saturated carbocycles. The van der Waals surface area contributed by atoms with Gasteiger partial charge in [0.15, 0.2) is 0 Å². The van der Waals surface area contributed by atoms with Crippen LogP contribution in [0.1, 0.15) is 17.5 Å². The van der Waals surface area contributed by atoms with Crippen molar-refractivity contribution in [3.05, 3.63) is 35.4 Å². The van der Waals surface area contributed by atoms with Gasteiger partial charge in [-0.25, -0.2) is 0 Å². The molecule has 70 valence electrons. The number of aryl methyl sites for hydroxylation is 2. The van der Waals surface area contributed by atoms with E-state index >= 15 is 0 Å². The molecule has 1 aromatic rings. The first-order chi connectivity index (χ1) is 6.22. The number of carbonyl (C=O) groups is 1. The van der Waals surface area contributed by atoms with E-state index in [1.54, 1.807) is 0 Å². The average molecular weight is 197 g/mol. The maximum absolute atomic E-state index is 10.9. The fourth-order valence-corrected chi connectivity index (χ4v) is 1.35. The minimum atomic E-state index is 0.114. The van der Waals surface area contributed by atoms with E-state index in [1.807, 2.05) is 25.1 Å². The first-order valence-electron chi connectivity index (χ1n) is 4.35. The number of alkyl halides is 1. The molecule has 0 amide bonds. The van der Waals surface area contributed by atoms with Crippen LogP contribution in [0.15, 0.2) is 24.3 Å². The molecule has 0 N–H and O–H groups in total. The Bertz CT molecular complexity index is 294. The first kappa shape index (κ1) is 10.3. The normalized spacial score (nSPS) is 10.0. The van der Waals surface area contributed by atoms with Crippen molar-refractivity contribution in [3.8, 4) is 0 Å². The van der Waals surface area contributed by atoms with Crippen LogP contribution in [0.5, 0.6) is 0 Å². The fraction of sp³-hybridized carbons (Fsp3) is 0.364. The number of benzene rings is 1. The van der Waals surface area contributed by atoms with E-state index in [0.717, 1.165) is 6.42 Å². The van der Waals surface area contributed by atoms with Crippen molar-refractivity contribution in [1.82, 2.24) is 0 Å². The van der Waals surface area contributed by atoms with Crippen LogP contribution in [0.3, 0.4) is 0 Å². The third kappa shape index (κ3) is 3.60. The molecule has 1 rings (SSSR count). The van der Waals surface area contributed by atoms with Crippen LogP contribution >= 0.6 is 11.6 Å². The fourth-order valence-electron chi connectivity index (χ4n) is 1.22. The van der Waals surface area contributed by atoms with Gasteiger partial charge in [0.05, 0.1) is 5.88 Å². The molecule has 0 bridgehead atoms. The monoisotopic (exact) mass is 196 g/mol. The van der Waals surface area contributed by atoms with Gasteiger partial charge in [-0.05, 0) is 18.9 Å². The van der Waals surface area contributed by atoms with Gasteiger partial charge < -0.3 is 0 Å². The summed E-state index contributed by atoms with van der Waals surface area (Å²) >= 11 is 5.40. The van der Waals surface area contributed by atoms with Gasteiger partial charge in [-0.3, -0.25) is 4.79 Å². The molecule has 2 heteroatoms. The molecule has 0 heterocycles. The molecular formula is C11H13ClO. The highest BCUT2D eigenvalue weighted by Crippen LogP contribution is 2.06. The molecule has 0 unspecified atom stereocenters. The van der Waals surface area contributed by atoms with E-state index in [4.69, 9.17) is 11.6 Å². The van der Waals surface area contributed by atoms with E-state index in [9.17, 15) is 4.79 Å². The summed E-state index contributed by atoms with van der Waals surface area (Å²) in [4.78, 5) is 10.9. The van der Waals surface area contributed by atoms with Crippen LogP contribution in [-0.2, 0) is 11.2 Å². The Labute approximate surface area is 83.7 Å². The quantitative estimate of drug-likeness (QED) is 0.677. The molecule has 0 atom stereocenters. The Kier molecular flexibility index (Phi) is 3.97. The number of hydrogen-bond donors (Lipinski definition) is 0. The summed E-state index contributed by atoms with van der Waals surface area (Å²) in [6.45, 7) is 2.05. The van der Waals surface area contributed by atoms with Gasteiger partial charge in [0.25, 0.3) is 0 Å². The second-order valence-corrected chi connectivity index (χ2v) is 3.43. The Morgan fingerprint density at radius 1 is 1.46 bits per heavy atom. The summed E-state index contributed by atoms with van der Waals surface area (Å²) in [6.07, 6.45) is 1.35. The largest absolute Gasteiger partial charge is 0.298 e. The van der Waals surface area contributed by atoms with Gasteiger partial charge >= 0.3 is 0 Å². The first-order valence-corrected chi connectivity index (χ1v) is 4.89. The lowest BCUT2D eigenvalue weighted by atomic mass is 10.1. The molecule has 0 spiro atoms. The highest BCUT2D eigenvalue weighted by atomic mass is 35.5. The van der Waals surface area contributed by atoms with Crippen LogP contribution in [-0.4, -0.2) is 11.7 Å². The average Bonchev–Trinajstić information content (AvgIpc) is 2.14. The topological polar surface area (TPSA) is 17.1 Å². The second kappa shape index (κ2) is 5.03. The predicted molar refractivity (Wildman–Crippen MR) is 55.2 cm³/mol. The number of carbonyl (C=O) groups excluding carboxylic acids is 1. The highest BCUT2D eigenvalue weighted by molar-refractivity contribution is 6.27. The van der Waals surface area contributed by atoms with Crippen LogP contribution < -0.4 is 0 Å². The van der Waals surface area contributed by atoms with E-state index in [-0.39, 0.29) is 11.7 Å². The zero-order valence-corrected chi connectivity index (χ0v) is 8.47. The summed E-state index contributed by atoms with van der Waals surface area (Å²) in [6, 6.07) is 8.19. The summed E-state index contributed by atoms with van der Waals surface area (Å²) in [5, 5.41) is 0. The maximum Gasteiger partial charge on any atom is 0.147 e. The number of halogens is 1. The number of hydrogen-bond acceptors (Lipinski definition) is 1. The van der Waals surface area contributed by atoms with Crippen LogP contribution in [0.2, 0.25) is 0 Å². The van der Waals surface area contributed by atoms with Crippen molar-refractivity contribution >= 4 is 17.4 Å². The molecular weight excluding hydrogens is 184 g/mol. The summed E-state index contributed by atoms with van der Waals surface area (Å²) in [7, 11) is 0. The predicted octanol–water partition coefficient (Wildman–Crippen LogP) is 2.74. The molecule has 0 radical (unpaired) electrons. The summed E-state index contributed by atoms with van der Waals surface area (Å²) in [5.41, 5.74) is 2.44. The molecule has 0 aliphatic rings. The molecule has 0 fully saturated rings. The molecule has 1 aromatic carbocycles. The van der Waals surface area contributed by atoms with Crippen LogP contribution in [0, 0.1) is 6.92 Å². The van der Waals surface area contributed by atoms with Gasteiger partial charge in [-0.1, -0.05) is 29.8 Å².